The van der Waals surface area contributed by atoms with Gasteiger partial charge in [0.15, 0.2) is 5.82 Å². The predicted molar refractivity (Wildman–Crippen MR) is 88.9 cm³/mol. The predicted octanol–water partition coefficient (Wildman–Crippen LogP) is 1.38. The zero-order chi connectivity index (χ0) is 19.0. The number of benzene rings is 1. The van der Waals surface area contributed by atoms with Crippen molar-refractivity contribution in [2.24, 2.45) is 0 Å². The molecule has 0 spiro atoms. The van der Waals surface area contributed by atoms with Crippen LogP contribution in [0.15, 0.2) is 33.6 Å². The maximum absolute atomic E-state index is 12.1. The zero-order valence-electron chi connectivity index (χ0n) is 13.3. The first-order chi connectivity index (χ1) is 12.3. The minimum Gasteiger partial charge on any atom is -0.478 e. The van der Waals surface area contributed by atoms with E-state index >= 15 is 0 Å². The molecule has 10 heteroatoms. The van der Waals surface area contributed by atoms with Crippen LogP contribution < -0.4 is 11.3 Å². The molecule has 0 bridgehead atoms. The lowest BCUT2D eigenvalue weighted by atomic mass is 9.94. The SMILES string of the molecule is Cc1noc(-c2cccc(-c3c(C(=O)O)c(N)[nH]c(=O)c3C(=O)O)c2)n1. The molecule has 0 amide bonds. The number of hydrogen-bond donors (Lipinski definition) is 4. The van der Waals surface area contributed by atoms with Gasteiger partial charge >= 0.3 is 11.9 Å². The Morgan fingerprint density at radius 1 is 1.15 bits per heavy atom. The summed E-state index contributed by atoms with van der Waals surface area (Å²) >= 11 is 0. The highest BCUT2D eigenvalue weighted by Crippen LogP contribution is 2.31. The van der Waals surface area contributed by atoms with Gasteiger partial charge in [0.2, 0.25) is 0 Å². The van der Waals surface area contributed by atoms with Gasteiger partial charge < -0.3 is 25.5 Å². The number of aryl methyl sites for hydroxylation is 1. The molecule has 132 valence electrons. The van der Waals surface area contributed by atoms with Gasteiger partial charge in [0, 0.05) is 11.1 Å². The Hall–Kier alpha value is -3.95. The number of aromatic carboxylic acids is 2. The van der Waals surface area contributed by atoms with Gasteiger partial charge in [-0.15, -0.1) is 0 Å². The summed E-state index contributed by atoms with van der Waals surface area (Å²) in [4.78, 5) is 41.4. The van der Waals surface area contributed by atoms with Gasteiger partial charge in [-0.25, -0.2) is 9.59 Å². The summed E-state index contributed by atoms with van der Waals surface area (Å²) in [5, 5.41) is 22.5. The van der Waals surface area contributed by atoms with Gasteiger partial charge in [-0.3, -0.25) is 4.79 Å². The monoisotopic (exact) mass is 356 g/mol. The van der Waals surface area contributed by atoms with Crippen LogP contribution in [0.1, 0.15) is 26.5 Å². The van der Waals surface area contributed by atoms with Crippen molar-refractivity contribution in [2.45, 2.75) is 6.92 Å². The quantitative estimate of drug-likeness (QED) is 0.538. The van der Waals surface area contributed by atoms with Gasteiger partial charge in [-0.2, -0.15) is 4.98 Å². The molecule has 1 aromatic carbocycles. The number of pyridine rings is 1. The molecule has 0 fully saturated rings. The van der Waals surface area contributed by atoms with Crippen molar-refractivity contribution in [3.63, 3.8) is 0 Å². The summed E-state index contributed by atoms with van der Waals surface area (Å²) in [6.07, 6.45) is 0. The first-order valence-corrected chi connectivity index (χ1v) is 7.23. The maximum Gasteiger partial charge on any atom is 0.342 e. The minimum absolute atomic E-state index is 0.158. The second-order valence-corrected chi connectivity index (χ2v) is 5.33. The Morgan fingerprint density at radius 3 is 2.38 bits per heavy atom. The van der Waals surface area contributed by atoms with E-state index in [-0.39, 0.29) is 17.0 Å². The molecule has 2 aromatic heterocycles. The Morgan fingerprint density at radius 2 is 1.81 bits per heavy atom. The number of carbonyl (C=O) groups is 2. The lowest BCUT2D eigenvalue weighted by molar-refractivity contribution is 0.0695. The third kappa shape index (κ3) is 2.79. The second kappa shape index (κ2) is 6.16. The lowest BCUT2D eigenvalue weighted by Crippen LogP contribution is -2.24. The smallest absolute Gasteiger partial charge is 0.342 e. The molecular weight excluding hydrogens is 344 g/mol. The van der Waals surface area contributed by atoms with Crippen molar-refractivity contribution in [1.29, 1.82) is 0 Å². The fourth-order valence-corrected chi connectivity index (χ4v) is 2.56. The van der Waals surface area contributed by atoms with Crippen molar-refractivity contribution in [3.8, 4) is 22.6 Å². The number of carboxylic acid groups (broad SMARTS) is 2. The second-order valence-electron chi connectivity index (χ2n) is 5.33. The molecule has 0 unspecified atom stereocenters. The number of nitrogens with one attached hydrogen (secondary N) is 1. The van der Waals surface area contributed by atoms with E-state index < -0.39 is 34.4 Å². The molecule has 3 rings (SSSR count). The van der Waals surface area contributed by atoms with Crippen molar-refractivity contribution in [2.75, 3.05) is 5.73 Å². The maximum atomic E-state index is 12.1. The van der Waals surface area contributed by atoms with E-state index in [1.54, 1.807) is 19.1 Å². The van der Waals surface area contributed by atoms with Crippen LogP contribution in [0, 0.1) is 6.92 Å². The molecule has 0 aliphatic rings. The number of H-pyrrole nitrogens is 1. The lowest BCUT2D eigenvalue weighted by Gasteiger charge is -2.12. The summed E-state index contributed by atoms with van der Waals surface area (Å²) in [6.45, 7) is 1.62. The molecule has 2 heterocycles. The molecule has 3 aromatic rings. The van der Waals surface area contributed by atoms with Crippen LogP contribution in [0.25, 0.3) is 22.6 Å². The van der Waals surface area contributed by atoms with Crippen LogP contribution in [-0.4, -0.2) is 37.3 Å². The Kier molecular flexibility index (Phi) is 4.01. The van der Waals surface area contributed by atoms with Gasteiger partial charge in [0.25, 0.3) is 11.4 Å². The van der Waals surface area contributed by atoms with E-state index in [4.69, 9.17) is 10.3 Å². The molecule has 0 aliphatic carbocycles. The zero-order valence-corrected chi connectivity index (χ0v) is 13.3. The van der Waals surface area contributed by atoms with E-state index in [9.17, 15) is 24.6 Å². The summed E-state index contributed by atoms with van der Waals surface area (Å²) in [6, 6.07) is 6.06. The highest BCUT2D eigenvalue weighted by Gasteiger charge is 2.26. The number of nitrogens with two attached hydrogens (primary N) is 1. The first-order valence-electron chi connectivity index (χ1n) is 7.23. The van der Waals surface area contributed by atoms with Crippen LogP contribution in [0.4, 0.5) is 5.82 Å². The highest BCUT2D eigenvalue weighted by molar-refractivity contribution is 6.07. The normalized spacial score (nSPS) is 10.7. The molecule has 10 nitrogen and oxygen atoms in total. The van der Waals surface area contributed by atoms with E-state index in [2.05, 4.69) is 10.1 Å². The van der Waals surface area contributed by atoms with Crippen LogP contribution in [0.3, 0.4) is 0 Å². The van der Waals surface area contributed by atoms with Crippen molar-refractivity contribution in [1.82, 2.24) is 15.1 Å². The highest BCUT2D eigenvalue weighted by atomic mass is 16.5. The summed E-state index contributed by atoms with van der Waals surface area (Å²) in [5.74, 6) is -2.95. The minimum atomic E-state index is -1.58. The topological polar surface area (TPSA) is 172 Å². The van der Waals surface area contributed by atoms with Crippen LogP contribution in [0.5, 0.6) is 0 Å². The summed E-state index contributed by atoms with van der Waals surface area (Å²) in [7, 11) is 0. The fourth-order valence-electron chi connectivity index (χ4n) is 2.56. The average molecular weight is 356 g/mol. The Balaban J connectivity index is 2.35. The summed E-state index contributed by atoms with van der Waals surface area (Å²) in [5.41, 5.74) is 3.65. The third-order valence-electron chi connectivity index (χ3n) is 3.60. The van der Waals surface area contributed by atoms with Gasteiger partial charge in [-0.1, -0.05) is 17.3 Å². The van der Waals surface area contributed by atoms with Gasteiger partial charge in [0.05, 0.1) is 0 Å². The number of hydrogen-bond acceptors (Lipinski definition) is 7. The van der Waals surface area contributed by atoms with Gasteiger partial charge in [0.1, 0.15) is 16.9 Å². The van der Waals surface area contributed by atoms with E-state index in [0.29, 0.717) is 11.4 Å². The van der Waals surface area contributed by atoms with E-state index in [1.165, 1.54) is 12.1 Å². The van der Waals surface area contributed by atoms with Crippen LogP contribution >= 0.6 is 0 Å². The molecule has 0 atom stereocenters. The fraction of sp³-hybridized carbons (Fsp3) is 0.0625. The molecular formula is C16H12N4O6. The largest absolute Gasteiger partial charge is 0.478 e. The number of aromatic amines is 1. The standard InChI is InChI=1S/C16H12N4O6/c1-6-18-14(26-20-6)8-4-2-3-7(5-8)9-10(15(22)23)12(17)19-13(21)11(9)16(24)25/h2-5H,1H3,(H,22,23)(H,24,25)(H3,17,19,21). The van der Waals surface area contributed by atoms with Crippen molar-refractivity contribution in [3.05, 3.63) is 51.6 Å². The van der Waals surface area contributed by atoms with Crippen molar-refractivity contribution >= 4 is 17.8 Å². The molecule has 0 radical (unpaired) electrons. The molecule has 26 heavy (non-hydrogen) atoms. The number of anilines is 1. The van der Waals surface area contributed by atoms with Gasteiger partial charge in [-0.05, 0) is 24.6 Å². The Labute approximate surface area is 144 Å². The van der Waals surface area contributed by atoms with E-state index in [0.717, 1.165) is 0 Å². The third-order valence-corrected chi connectivity index (χ3v) is 3.60. The number of rotatable bonds is 4. The van der Waals surface area contributed by atoms with Crippen LogP contribution in [-0.2, 0) is 0 Å². The number of aromatic nitrogens is 3. The number of nitrogen functional groups attached to an aromatic ring is 1. The number of carboxylic acids is 2. The van der Waals surface area contributed by atoms with E-state index in [1.807, 2.05) is 4.98 Å². The first kappa shape index (κ1) is 16.9. The molecule has 0 aliphatic heterocycles. The molecule has 0 saturated heterocycles. The Bertz CT molecular complexity index is 1100. The number of nitrogens with zero attached hydrogens (tertiary/aromatic N) is 2. The molecule has 5 N–H and O–H groups in total. The summed E-state index contributed by atoms with van der Waals surface area (Å²) < 4.78 is 5.06. The van der Waals surface area contributed by atoms with Crippen molar-refractivity contribution < 1.29 is 24.3 Å². The molecule has 0 saturated carbocycles. The average Bonchev–Trinajstić information content (AvgIpc) is 3.00. The van der Waals surface area contributed by atoms with Crippen LogP contribution in [0.2, 0.25) is 0 Å².